The number of nitrogens with zero attached hydrogens (tertiary/aromatic N) is 2. The van der Waals surface area contributed by atoms with Crippen molar-refractivity contribution in [2.24, 2.45) is 10.4 Å². The highest BCUT2D eigenvalue weighted by Crippen LogP contribution is 2.40. The van der Waals surface area contributed by atoms with Gasteiger partial charge in [-0.05, 0) is 43.2 Å². The molecule has 3 aromatic carbocycles. The predicted molar refractivity (Wildman–Crippen MR) is 116 cm³/mol. The highest BCUT2D eigenvalue weighted by atomic mass is 15.2. The van der Waals surface area contributed by atoms with Gasteiger partial charge in [0.25, 0.3) is 0 Å². The summed E-state index contributed by atoms with van der Waals surface area (Å²) in [5, 5.41) is 0. The van der Waals surface area contributed by atoms with Crippen molar-refractivity contribution in [3.8, 4) is 0 Å². The van der Waals surface area contributed by atoms with Crippen molar-refractivity contribution in [1.29, 1.82) is 0 Å². The van der Waals surface area contributed by atoms with Gasteiger partial charge >= 0.3 is 0 Å². The van der Waals surface area contributed by atoms with Crippen LogP contribution in [0.3, 0.4) is 0 Å². The lowest BCUT2D eigenvalue weighted by atomic mass is 9.86. The van der Waals surface area contributed by atoms with E-state index in [0.717, 1.165) is 11.5 Å². The first-order valence-corrected chi connectivity index (χ1v) is 9.32. The summed E-state index contributed by atoms with van der Waals surface area (Å²) in [5.41, 5.74) is 5.63. The molecule has 0 aliphatic carbocycles. The lowest BCUT2D eigenvalue weighted by Crippen LogP contribution is -2.36. The fraction of sp³-hybridized carbons (Fsp3) is 0.160. The lowest BCUT2D eigenvalue weighted by molar-refractivity contribution is 0.666. The number of fused-ring (bicyclic) bond motifs is 1. The van der Waals surface area contributed by atoms with Crippen molar-refractivity contribution in [2.75, 3.05) is 11.9 Å². The molecule has 4 rings (SSSR count). The number of para-hydroxylation sites is 2. The number of hydrogen-bond donors (Lipinski definition) is 0. The van der Waals surface area contributed by atoms with Crippen LogP contribution in [0.15, 0.2) is 96.0 Å². The molecule has 0 atom stereocenters. The third-order valence-electron chi connectivity index (χ3n) is 5.03. The van der Waals surface area contributed by atoms with E-state index in [9.17, 15) is 0 Å². The van der Waals surface area contributed by atoms with Gasteiger partial charge in [0.1, 0.15) is 5.84 Å². The molecule has 1 aliphatic rings. The van der Waals surface area contributed by atoms with E-state index in [1.54, 1.807) is 0 Å². The van der Waals surface area contributed by atoms with E-state index in [0.29, 0.717) is 0 Å². The monoisotopic (exact) mass is 352 g/mol. The molecule has 1 heterocycles. The Bertz CT molecular complexity index is 999. The van der Waals surface area contributed by atoms with E-state index in [-0.39, 0.29) is 5.41 Å². The van der Waals surface area contributed by atoms with Crippen molar-refractivity contribution >= 4 is 22.8 Å². The largest absolute Gasteiger partial charge is 0.332 e. The van der Waals surface area contributed by atoms with Gasteiger partial charge < -0.3 is 4.90 Å². The Kier molecular flexibility index (Phi) is 4.41. The molecule has 0 unspecified atom stereocenters. The molecular formula is C25H24N2. The number of anilines is 1. The summed E-state index contributed by atoms with van der Waals surface area (Å²) in [6.07, 6.45) is 2.35. The Balaban J connectivity index is 1.96. The number of rotatable bonds is 2. The highest BCUT2D eigenvalue weighted by Gasteiger charge is 2.32. The zero-order valence-corrected chi connectivity index (χ0v) is 16.1. The topological polar surface area (TPSA) is 15.6 Å². The Morgan fingerprint density at radius 1 is 0.741 bits per heavy atom. The summed E-state index contributed by atoms with van der Waals surface area (Å²) in [6.45, 7) is 4.47. The second-order valence-corrected chi connectivity index (χ2v) is 7.49. The molecule has 3 aromatic rings. The molecule has 0 radical (unpaired) electrons. The first-order chi connectivity index (χ1) is 13.1. The van der Waals surface area contributed by atoms with Crippen LogP contribution in [-0.4, -0.2) is 12.9 Å². The van der Waals surface area contributed by atoms with Crippen LogP contribution in [0.4, 0.5) is 11.4 Å². The van der Waals surface area contributed by atoms with Gasteiger partial charge in [-0.15, -0.1) is 0 Å². The molecule has 27 heavy (non-hydrogen) atoms. The molecule has 2 heteroatoms. The molecule has 0 saturated carbocycles. The lowest BCUT2D eigenvalue weighted by Gasteiger charge is -2.30. The van der Waals surface area contributed by atoms with Crippen LogP contribution in [-0.2, 0) is 0 Å². The van der Waals surface area contributed by atoms with Crippen LogP contribution in [0, 0.1) is 5.41 Å². The fourth-order valence-electron chi connectivity index (χ4n) is 3.74. The van der Waals surface area contributed by atoms with E-state index in [2.05, 4.69) is 98.6 Å². The molecule has 0 amide bonds. The summed E-state index contributed by atoms with van der Waals surface area (Å²) in [4.78, 5) is 7.27. The van der Waals surface area contributed by atoms with Gasteiger partial charge in [0, 0.05) is 23.7 Å². The Labute approximate surface area is 161 Å². The first-order valence-electron chi connectivity index (χ1n) is 9.32. The molecule has 0 fully saturated rings. The maximum atomic E-state index is 5.04. The predicted octanol–water partition coefficient (Wildman–Crippen LogP) is 6.32. The van der Waals surface area contributed by atoms with E-state index in [1.807, 2.05) is 18.2 Å². The molecule has 1 aliphatic heterocycles. The molecular weight excluding hydrogens is 328 g/mol. The smallest absolute Gasteiger partial charge is 0.119 e. The third-order valence-corrected chi connectivity index (χ3v) is 5.03. The zero-order valence-electron chi connectivity index (χ0n) is 16.1. The minimum Gasteiger partial charge on any atom is -0.332 e. The quantitative estimate of drug-likeness (QED) is 0.526. The van der Waals surface area contributed by atoms with E-state index in [4.69, 9.17) is 4.99 Å². The molecule has 0 bridgehead atoms. The summed E-state index contributed by atoms with van der Waals surface area (Å²) in [7, 11) is 2.12. The van der Waals surface area contributed by atoms with Crippen molar-refractivity contribution < 1.29 is 0 Å². The van der Waals surface area contributed by atoms with Crippen molar-refractivity contribution in [1.82, 2.24) is 0 Å². The SMILES string of the molecule is CN1C(=Nc2ccccc2)C(C)(C)C=C(c2ccccc2)c2ccccc21. The van der Waals surface area contributed by atoms with Crippen molar-refractivity contribution in [3.05, 3.63) is 102 Å². The third kappa shape index (κ3) is 3.31. The normalized spacial score (nSPS) is 17.2. The van der Waals surface area contributed by atoms with Crippen LogP contribution in [0.25, 0.3) is 5.57 Å². The standard InChI is InChI=1S/C25H24N2/c1-25(2)18-22(19-12-6-4-7-13-19)21-16-10-11-17-23(21)27(3)24(25)26-20-14-8-5-9-15-20/h4-18H,1-3H3. The average Bonchev–Trinajstić information content (AvgIpc) is 2.78. The van der Waals surface area contributed by atoms with Gasteiger partial charge in [0.2, 0.25) is 0 Å². The molecule has 2 nitrogen and oxygen atoms in total. The minimum absolute atomic E-state index is 0.227. The van der Waals surface area contributed by atoms with Crippen LogP contribution < -0.4 is 4.90 Å². The zero-order chi connectivity index (χ0) is 18.9. The van der Waals surface area contributed by atoms with Crippen LogP contribution in [0.2, 0.25) is 0 Å². The van der Waals surface area contributed by atoms with Crippen LogP contribution >= 0.6 is 0 Å². The van der Waals surface area contributed by atoms with Crippen LogP contribution in [0.5, 0.6) is 0 Å². The Hall–Kier alpha value is -3.13. The second kappa shape index (κ2) is 6.88. The van der Waals surface area contributed by atoms with Gasteiger partial charge in [-0.3, -0.25) is 0 Å². The number of aliphatic imine (C=N–C) groups is 1. The van der Waals surface area contributed by atoms with Gasteiger partial charge in [0.05, 0.1) is 5.69 Å². The van der Waals surface area contributed by atoms with E-state index in [1.165, 1.54) is 22.4 Å². The maximum absolute atomic E-state index is 5.04. The number of benzene rings is 3. The van der Waals surface area contributed by atoms with Crippen LogP contribution in [0.1, 0.15) is 25.0 Å². The van der Waals surface area contributed by atoms with Crippen molar-refractivity contribution in [2.45, 2.75) is 13.8 Å². The average molecular weight is 352 g/mol. The highest BCUT2D eigenvalue weighted by molar-refractivity contribution is 6.09. The van der Waals surface area contributed by atoms with Gasteiger partial charge in [0.15, 0.2) is 0 Å². The summed E-state index contributed by atoms with van der Waals surface area (Å²) in [6, 6.07) is 29.4. The summed E-state index contributed by atoms with van der Waals surface area (Å²) in [5.74, 6) is 1.03. The molecule has 0 saturated heterocycles. The minimum atomic E-state index is -0.227. The molecule has 0 N–H and O–H groups in total. The fourth-order valence-corrected chi connectivity index (χ4v) is 3.74. The molecule has 0 aromatic heterocycles. The Morgan fingerprint density at radius 3 is 2.04 bits per heavy atom. The number of hydrogen-bond acceptors (Lipinski definition) is 1. The van der Waals surface area contributed by atoms with Gasteiger partial charge in [-0.25, -0.2) is 4.99 Å². The second-order valence-electron chi connectivity index (χ2n) is 7.49. The van der Waals surface area contributed by atoms with Gasteiger partial charge in [-0.1, -0.05) is 72.8 Å². The van der Waals surface area contributed by atoms with Gasteiger partial charge in [-0.2, -0.15) is 0 Å². The first kappa shape index (κ1) is 17.3. The van der Waals surface area contributed by atoms with E-state index >= 15 is 0 Å². The Morgan fingerprint density at radius 2 is 1.33 bits per heavy atom. The van der Waals surface area contributed by atoms with Crippen molar-refractivity contribution in [3.63, 3.8) is 0 Å². The molecule has 134 valence electrons. The summed E-state index contributed by atoms with van der Waals surface area (Å²) < 4.78 is 0. The maximum Gasteiger partial charge on any atom is 0.119 e. The molecule has 0 spiro atoms. The van der Waals surface area contributed by atoms with E-state index < -0.39 is 0 Å². The number of amidine groups is 1. The summed E-state index contributed by atoms with van der Waals surface area (Å²) >= 11 is 0.